The summed E-state index contributed by atoms with van der Waals surface area (Å²) in [5.74, 6) is 0. The SMILES string of the molecule is COCc1ccc(C(O)Cc2cnccc2N)cc1. The van der Waals surface area contributed by atoms with Gasteiger partial charge >= 0.3 is 0 Å². The average molecular weight is 258 g/mol. The van der Waals surface area contributed by atoms with Crippen LogP contribution >= 0.6 is 0 Å². The fourth-order valence-electron chi connectivity index (χ4n) is 1.94. The summed E-state index contributed by atoms with van der Waals surface area (Å²) in [6.07, 6.45) is 3.22. The molecule has 0 spiro atoms. The Labute approximate surface area is 112 Å². The van der Waals surface area contributed by atoms with E-state index in [0.29, 0.717) is 18.7 Å². The molecule has 1 aromatic carbocycles. The van der Waals surface area contributed by atoms with Crippen molar-refractivity contribution < 1.29 is 9.84 Å². The Kier molecular flexibility index (Phi) is 4.49. The molecular weight excluding hydrogens is 240 g/mol. The molecule has 0 aliphatic carbocycles. The zero-order valence-electron chi connectivity index (χ0n) is 10.9. The van der Waals surface area contributed by atoms with Gasteiger partial charge in [0.05, 0.1) is 12.7 Å². The summed E-state index contributed by atoms with van der Waals surface area (Å²) in [5.41, 5.74) is 9.30. The monoisotopic (exact) mass is 258 g/mol. The maximum atomic E-state index is 10.2. The molecule has 0 fully saturated rings. The minimum Gasteiger partial charge on any atom is -0.398 e. The lowest BCUT2D eigenvalue weighted by atomic mass is 10.0. The number of benzene rings is 1. The van der Waals surface area contributed by atoms with Crippen LogP contribution < -0.4 is 5.73 Å². The van der Waals surface area contributed by atoms with Crippen LogP contribution in [0.15, 0.2) is 42.7 Å². The minimum atomic E-state index is -0.580. The maximum Gasteiger partial charge on any atom is 0.0831 e. The average Bonchev–Trinajstić information content (AvgIpc) is 2.42. The lowest BCUT2D eigenvalue weighted by Gasteiger charge is -2.13. The number of hydrogen-bond acceptors (Lipinski definition) is 4. The number of nitrogen functional groups attached to an aromatic ring is 1. The molecule has 0 bridgehead atoms. The van der Waals surface area contributed by atoms with Crippen LogP contribution in [-0.2, 0) is 17.8 Å². The second-order valence-electron chi connectivity index (χ2n) is 4.47. The predicted octanol–water partition coefficient (Wildman–Crippen LogP) is 2.09. The van der Waals surface area contributed by atoms with Crippen LogP contribution in [0.3, 0.4) is 0 Å². The number of nitrogens with two attached hydrogens (primary N) is 1. The number of hydrogen-bond donors (Lipinski definition) is 2. The van der Waals surface area contributed by atoms with E-state index in [1.54, 1.807) is 25.6 Å². The second-order valence-corrected chi connectivity index (χ2v) is 4.47. The molecule has 0 saturated heterocycles. The van der Waals surface area contributed by atoms with Crippen LogP contribution in [0.1, 0.15) is 22.8 Å². The largest absolute Gasteiger partial charge is 0.398 e. The molecule has 1 heterocycles. The van der Waals surface area contributed by atoms with Crippen molar-refractivity contribution in [2.45, 2.75) is 19.1 Å². The summed E-state index contributed by atoms with van der Waals surface area (Å²) >= 11 is 0. The number of rotatable bonds is 5. The van der Waals surface area contributed by atoms with E-state index in [-0.39, 0.29) is 0 Å². The fourth-order valence-corrected chi connectivity index (χ4v) is 1.94. The zero-order chi connectivity index (χ0) is 13.7. The van der Waals surface area contributed by atoms with Crippen LogP contribution in [0.2, 0.25) is 0 Å². The van der Waals surface area contributed by atoms with E-state index in [0.717, 1.165) is 16.7 Å². The first kappa shape index (κ1) is 13.5. The van der Waals surface area contributed by atoms with Crippen molar-refractivity contribution >= 4 is 5.69 Å². The molecule has 0 aliphatic heterocycles. The summed E-state index contributed by atoms with van der Waals surface area (Å²) in [6.45, 7) is 0.575. The third-order valence-electron chi connectivity index (χ3n) is 3.03. The molecule has 1 aromatic heterocycles. The normalized spacial score (nSPS) is 12.3. The van der Waals surface area contributed by atoms with Gasteiger partial charge in [0.2, 0.25) is 0 Å². The molecule has 1 unspecified atom stereocenters. The molecule has 3 N–H and O–H groups in total. The first-order valence-corrected chi connectivity index (χ1v) is 6.15. The number of methoxy groups -OCH3 is 1. The molecule has 0 aliphatic rings. The summed E-state index contributed by atoms with van der Waals surface area (Å²) < 4.78 is 5.05. The molecule has 2 aromatic rings. The van der Waals surface area contributed by atoms with Crippen molar-refractivity contribution in [2.24, 2.45) is 0 Å². The Morgan fingerprint density at radius 2 is 2.00 bits per heavy atom. The summed E-state index contributed by atoms with van der Waals surface area (Å²) in [6, 6.07) is 9.46. The van der Waals surface area contributed by atoms with Crippen molar-refractivity contribution in [3.63, 3.8) is 0 Å². The van der Waals surface area contributed by atoms with Crippen LogP contribution in [0.5, 0.6) is 0 Å². The van der Waals surface area contributed by atoms with E-state index in [9.17, 15) is 5.11 Å². The quantitative estimate of drug-likeness (QED) is 0.861. The highest BCUT2D eigenvalue weighted by atomic mass is 16.5. The highest BCUT2D eigenvalue weighted by Crippen LogP contribution is 2.21. The van der Waals surface area contributed by atoms with Crippen molar-refractivity contribution in [3.8, 4) is 0 Å². The standard InChI is InChI=1S/C15H18N2O2/c1-19-10-11-2-4-12(5-3-11)15(18)8-13-9-17-7-6-14(13)16/h2-7,9,15,18H,8,10H2,1H3,(H2,16,17). The number of aliphatic hydroxyl groups excluding tert-OH is 1. The van der Waals surface area contributed by atoms with Crippen LogP contribution in [-0.4, -0.2) is 17.2 Å². The summed E-state index contributed by atoms with van der Waals surface area (Å²) in [7, 11) is 1.66. The van der Waals surface area contributed by atoms with E-state index >= 15 is 0 Å². The Morgan fingerprint density at radius 1 is 1.26 bits per heavy atom. The number of ether oxygens (including phenoxy) is 1. The van der Waals surface area contributed by atoms with E-state index in [4.69, 9.17) is 10.5 Å². The Balaban J connectivity index is 2.07. The lowest BCUT2D eigenvalue weighted by Crippen LogP contribution is -2.05. The third-order valence-corrected chi connectivity index (χ3v) is 3.03. The zero-order valence-corrected chi connectivity index (χ0v) is 10.9. The molecule has 0 amide bonds. The highest BCUT2D eigenvalue weighted by Gasteiger charge is 2.10. The Bertz CT molecular complexity index is 526. The van der Waals surface area contributed by atoms with Crippen LogP contribution in [0.4, 0.5) is 5.69 Å². The summed E-state index contributed by atoms with van der Waals surface area (Å²) in [4.78, 5) is 4.02. The van der Waals surface area contributed by atoms with Gasteiger partial charge in [-0.1, -0.05) is 24.3 Å². The fraction of sp³-hybridized carbons (Fsp3) is 0.267. The molecule has 1 atom stereocenters. The van der Waals surface area contributed by atoms with Gasteiger partial charge in [-0.15, -0.1) is 0 Å². The molecular formula is C15H18N2O2. The first-order valence-electron chi connectivity index (χ1n) is 6.15. The minimum absolute atomic E-state index is 0.462. The van der Waals surface area contributed by atoms with Gasteiger partial charge in [0.25, 0.3) is 0 Å². The van der Waals surface area contributed by atoms with E-state index < -0.39 is 6.10 Å². The van der Waals surface area contributed by atoms with E-state index in [2.05, 4.69) is 4.98 Å². The van der Waals surface area contributed by atoms with Gasteiger partial charge in [-0.25, -0.2) is 0 Å². The number of pyridine rings is 1. The van der Waals surface area contributed by atoms with Gasteiger partial charge in [0.1, 0.15) is 0 Å². The predicted molar refractivity (Wildman–Crippen MR) is 74.5 cm³/mol. The lowest BCUT2D eigenvalue weighted by molar-refractivity contribution is 0.177. The molecule has 4 nitrogen and oxygen atoms in total. The maximum absolute atomic E-state index is 10.2. The van der Waals surface area contributed by atoms with Gasteiger partial charge in [-0.2, -0.15) is 0 Å². The van der Waals surface area contributed by atoms with Gasteiger partial charge < -0.3 is 15.6 Å². The molecule has 4 heteroatoms. The van der Waals surface area contributed by atoms with Crippen molar-refractivity contribution in [1.82, 2.24) is 4.98 Å². The van der Waals surface area contributed by atoms with Crippen LogP contribution in [0, 0.1) is 0 Å². The van der Waals surface area contributed by atoms with Crippen molar-refractivity contribution in [1.29, 1.82) is 0 Å². The number of aliphatic hydroxyl groups is 1. The number of nitrogens with zero attached hydrogens (tertiary/aromatic N) is 1. The Morgan fingerprint density at radius 3 is 2.63 bits per heavy atom. The van der Waals surface area contributed by atoms with Crippen LogP contribution in [0.25, 0.3) is 0 Å². The molecule has 0 radical (unpaired) electrons. The van der Waals surface area contributed by atoms with E-state index in [1.807, 2.05) is 24.3 Å². The second kappa shape index (κ2) is 6.31. The first-order chi connectivity index (χ1) is 9.20. The number of aromatic nitrogens is 1. The van der Waals surface area contributed by atoms with Crippen molar-refractivity contribution in [3.05, 3.63) is 59.4 Å². The molecule has 100 valence electrons. The van der Waals surface area contributed by atoms with Crippen molar-refractivity contribution in [2.75, 3.05) is 12.8 Å². The van der Waals surface area contributed by atoms with Gasteiger partial charge in [-0.3, -0.25) is 4.98 Å². The highest BCUT2D eigenvalue weighted by molar-refractivity contribution is 5.45. The third kappa shape index (κ3) is 3.53. The van der Waals surface area contributed by atoms with Gasteiger partial charge in [-0.05, 0) is 22.8 Å². The molecule has 0 saturated carbocycles. The molecule has 19 heavy (non-hydrogen) atoms. The summed E-state index contributed by atoms with van der Waals surface area (Å²) in [5, 5.41) is 10.2. The number of anilines is 1. The van der Waals surface area contributed by atoms with Gasteiger partial charge in [0.15, 0.2) is 0 Å². The Hall–Kier alpha value is -1.91. The molecule has 2 rings (SSSR count). The smallest absolute Gasteiger partial charge is 0.0831 e. The van der Waals surface area contributed by atoms with Gasteiger partial charge in [0, 0.05) is 31.6 Å². The van der Waals surface area contributed by atoms with E-state index in [1.165, 1.54) is 0 Å². The topological polar surface area (TPSA) is 68.4 Å².